The highest BCUT2D eigenvalue weighted by atomic mass is 35.5. The van der Waals surface area contributed by atoms with Crippen LogP contribution in [0, 0.1) is 6.92 Å². The van der Waals surface area contributed by atoms with Crippen LogP contribution < -0.4 is 15.2 Å². The summed E-state index contributed by atoms with van der Waals surface area (Å²) in [6, 6.07) is 11.6. The van der Waals surface area contributed by atoms with Gasteiger partial charge in [-0.3, -0.25) is 0 Å². The third kappa shape index (κ3) is 2.71. The van der Waals surface area contributed by atoms with Crippen molar-refractivity contribution >= 4 is 11.6 Å². The number of hydrogen-bond acceptors (Lipinski definition) is 3. The maximum absolute atomic E-state index is 6.32. The van der Waals surface area contributed by atoms with Crippen LogP contribution >= 0.6 is 11.6 Å². The van der Waals surface area contributed by atoms with Crippen LogP contribution in [0.4, 0.5) is 0 Å². The van der Waals surface area contributed by atoms with Crippen molar-refractivity contribution in [3.63, 3.8) is 0 Å². The quantitative estimate of drug-likeness (QED) is 0.905. The summed E-state index contributed by atoms with van der Waals surface area (Å²) in [5.74, 6) is 1.63. The highest BCUT2D eigenvalue weighted by Gasteiger charge is 2.28. The van der Waals surface area contributed by atoms with Crippen LogP contribution in [0.3, 0.4) is 0 Å². The van der Waals surface area contributed by atoms with Gasteiger partial charge >= 0.3 is 0 Å². The molecule has 0 saturated carbocycles. The SMILES string of the molecule is COc1ccc2c(c1)[C@@H](N)CC(c1ccc(Cl)cc1C)O2. The van der Waals surface area contributed by atoms with Crippen molar-refractivity contribution in [3.05, 3.63) is 58.1 Å². The molecule has 2 aromatic carbocycles. The molecule has 4 heteroatoms. The first kappa shape index (κ1) is 14.2. The molecule has 2 aromatic rings. The highest BCUT2D eigenvalue weighted by molar-refractivity contribution is 6.30. The monoisotopic (exact) mass is 303 g/mol. The van der Waals surface area contributed by atoms with Crippen molar-refractivity contribution in [3.8, 4) is 11.5 Å². The summed E-state index contributed by atoms with van der Waals surface area (Å²) in [5, 5.41) is 0.737. The Morgan fingerprint density at radius 2 is 2.00 bits per heavy atom. The molecule has 0 fully saturated rings. The number of aryl methyl sites for hydroxylation is 1. The van der Waals surface area contributed by atoms with E-state index in [2.05, 4.69) is 0 Å². The molecule has 1 aliphatic rings. The summed E-state index contributed by atoms with van der Waals surface area (Å²) in [4.78, 5) is 0. The zero-order valence-electron chi connectivity index (χ0n) is 12.1. The second-order valence-corrected chi connectivity index (χ2v) is 5.79. The third-order valence-corrected chi connectivity index (χ3v) is 4.17. The van der Waals surface area contributed by atoms with Gasteiger partial charge in [-0.05, 0) is 48.4 Å². The van der Waals surface area contributed by atoms with Crippen LogP contribution in [0.15, 0.2) is 36.4 Å². The van der Waals surface area contributed by atoms with Gasteiger partial charge in [0.1, 0.15) is 17.6 Å². The molecule has 1 aliphatic heterocycles. The number of fused-ring (bicyclic) bond motifs is 1. The number of nitrogens with two attached hydrogens (primary N) is 1. The van der Waals surface area contributed by atoms with Gasteiger partial charge in [-0.25, -0.2) is 0 Å². The van der Waals surface area contributed by atoms with Crippen LogP contribution in [-0.2, 0) is 0 Å². The van der Waals surface area contributed by atoms with E-state index in [0.717, 1.165) is 39.6 Å². The van der Waals surface area contributed by atoms with Crippen LogP contribution in [0.1, 0.15) is 35.3 Å². The fourth-order valence-corrected chi connectivity index (χ4v) is 3.03. The molecule has 3 rings (SSSR count). The zero-order chi connectivity index (χ0) is 15.0. The van der Waals surface area contributed by atoms with Gasteiger partial charge in [-0.2, -0.15) is 0 Å². The van der Waals surface area contributed by atoms with Gasteiger partial charge in [-0.15, -0.1) is 0 Å². The number of ether oxygens (including phenoxy) is 2. The minimum absolute atomic E-state index is 0.0434. The maximum Gasteiger partial charge on any atom is 0.126 e. The van der Waals surface area contributed by atoms with E-state index in [4.69, 9.17) is 26.8 Å². The number of methoxy groups -OCH3 is 1. The van der Waals surface area contributed by atoms with E-state index < -0.39 is 0 Å². The van der Waals surface area contributed by atoms with Gasteiger partial charge in [-0.1, -0.05) is 17.7 Å². The molecular formula is C17H18ClNO2. The Morgan fingerprint density at radius 3 is 2.71 bits per heavy atom. The van der Waals surface area contributed by atoms with Gasteiger partial charge in [0.2, 0.25) is 0 Å². The van der Waals surface area contributed by atoms with Gasteiger partial charge in [0.15, 0.2) is 0 Å². The van der Waals surface area contributed by atoms with E-state index in [1.54, 1.807) is 7.11 Å². The predicted octanol–water partition coefficient (Wildman–Crippen LogP) is 4.18. The Hall–Kier alpha value is -1.71. The molecule has 1 unspecified atom stereocenters. The molecule has 0 spiro atoms. The van der Waals surface area contributed by atoms with E-state index in [9.17, 15) is 0 Å². The van der Waals surface area contributed by atoms with E-state index in [-0.39, 0.29) is 12.1 Å². The van der Waals surface area contributed by atoms with Crippen molar-refractivity contribution < 1.29 is 9.47 Å². The molecule has 0 radical (unpaired) electrons. The third-order valence-electron chi connectivity index (χ3n) is 3.93. The first-order valence-corrected chi connectivity index (χ1v) is 7.32. The Labute approximate surface area is 129 Å². The largest absolute Gasteiger partial charge is 0.497 e. The van der Waals surface area contributed by atoms with Crippen LogP contribution in [0.25, 0.3) is 0 Å². The first-order valence-electron chi connectivity index (χ1n) is 6.94. The molecular weight excluding hydrogens is 286 g/mol. The Balaban J connectivity index is 1.94. The lowest BCUT2D eigenvalue weighted by atomic mass is 9.91. The lowest BCUT2D eigenvalue weighted by Gasteiger charge is -2.31. The molecule has 0 aromatic heterocycles. The molecule has 21 heavy (non-hydrogen) atoms. The average Bonchev–Trinajstić information content (AvgIpc) is 2.47. The van der Waals surface area contributed by atoms with E-state index >= 15 is 0 Å². The predicted molar refractivity (Wildman–Crippen MR) is 84.1 cm³/mol. The minimum atomic E-state index is -0.0658. The van der Waals surface area contributed by atoms with E-state index in [1.165, 1.54) is 0 Å². The normalized spacial score (nSPS) is 20.6. The average molecular weight is 304 g/mol. The second kappa shape index (κ2) is 5.58. The van der Waals surface area contributed by atoms with Crippen molar-refractivity contribution in [2.45, 2.75) is 25.5 Å². The summed E-state index contributed by atoms with van der Waals surface area (Å²) in [7, 11) is 1.65. The Kier molecular flexibility index (Phi) is 3.79. The first-order chi connectivity index (χ1) is 10.1. The summed E-state index contributed by atoms with van der Waals surface area (Å²) in [6.45, 7) is 2.04. The number of halogens is 1. The van der Waals surface area contributed by atoms with Gasteiger partial charge in [0.25, 0.3) is 0 Å². The molecule has 0 bridgehead atoms. The summed E-state index contributed by atoms with van der Waals surface area (Å²) >= 11 is 6.02. The molecule has 0 saturated heterocycles. The highest BCUT2D eigenvalue weighted by Crippen LogP contribution is 2.42. The van der Waals surface area contributed by atoms with Gasteiger partial charge in [0, 0.05) is 23.0 Å². The maximum atomic E-state index is 6.32. The van der Waals surface area contributed by atoms with Crippen molar-refractivity contribution in [2.24, 2.45) is 5.73 Å². The molecule has 2 N–H and O–H groups in total. The topological polar surface area (TPSA) is 44.5 Å². The van der Waals surface area contributed by atoms with Crippen LogP contribution in [0.2, 0.25) is 5.02 Å². The van der Waals surface area contributed by atoms with Crippen molar-refractivity contribution in [2.75, 3.05) is 7.11 Å². The number of rotatable bonds is 2. The fraction of sp³-hybridized carbons (Fsp3) is 0.294. The van der Waals surface area contributed by atoms with Crippen LogP contribution in [0.5, 0.6) is 11.5 Å². The molecule has 0 aliphatic carbocycles. The van der Waals surface area contributed by atoms with Gasteiger partial charge < -0.3 is 15.2 Å². The van der Waals surface area contributed by atoms with E-state index in [0.29, 0.717) is 0 Å². The van der Waals surface area contributed by atoms with Gasteiger partial charge in [0.05, 0.1) is 7.11 Å². The van der Waals surface area contributed by atoms with Crippen molar-refractivity contribution in [1.82, 2.24) is 0 Å². The molecule has 1 heterocycles. The summed E-state index contributed by atoms with van der Waals surface area (Å²) in [5.41, 5.74) is 9.57. The molecule has 0 amide bonds. The number of hydrogen-bond donors (Lipinski definition) is 1. The summed E-state index contributed by atoms with van der Waals surface area (Å²) in [6.07, 6.45) is 0.695. The Bertz CT molecular complexity index is 672. The van der Waals surface area contributed by atoms with E-state index in [1.807, 2.05) is 43.3 Å². The standard InChI is InChI=1S/C17H18ClNO2/c1-10-7-11(18)3-5-13(10)17-9-15(19)14-8-12(20-2)4-6-16(14)21-17/h3-8,15,17H,9,19H2,1-2H3/t15-,17?/m0/s1. The second-order valence-electron chi connectivity index (χ2n) is 5.35. The lowest BCUT2D eigenvalue weighted by Crippen LogP contribution is -2.24. The van der Waals surface area contributed by atoms with Crippen molar-refractivity contribution in [1.29, 1.82) is 0 Å². The zero-order valence-corrected chi connectivity index (χ0v) is 12.9. The summed E-state index contributed by atoms with van der Waals surface area (Å²) < 4.78 is 11.4. The molecule has 3 nitrogen and oxygen atoms in total. The fourth-order valence-electron chi connectivity index (χ4n) is 2.80. The molecule has 110 valence electrons. The smallest absolute Gasteiger partial charge is 0.126 e. The minimum Gasteiger partial charge on any atom is -0.497 e. The Morgan fingerprint density at radius 1 is 1.19 bits per heavy atom. The number of benzene rings is 2. The lowest BCUT2D eigenvalue weighted by molar-refractivity contribution is 0.160. The van der Waals surface area contributed by atoms with Crippen LogP contribution in [-0.4, -0.2) is 7.11 Å². The molecule has 2 atom stereocenters.